The molecule has 0 aliphatic heterocycles. The number of halogens is 2. The van der Waals surface area contributed by atoms with Crippen LogP contribution >= 0.6 is 43.2 Å². The summed E-state index contributed by atoms with van der Waals surface area (Å²) in [5.41, 5.74) is 5.70. The third-order valence-corrected chi connectivity index (χ3v) is 5.41. The van der Waals surface area contributed by atoms with Crippen molar-refractivity contribution < 1.29 is 14.4 Å². The molecule has 0 aliphatic carbocycles. The number of rotatable bonds is 5. The largest absolute Gasteiger partial charge is 0.337 e. The Morgan fingerprint density at radius 2 is 1.29 bits per heavy atom. The van der Waals surface area contributed by atoms with E-state index in [4.69, 9.17) is 0 Å². The van der Waals surface area contributed by atoms with E-state index in [1.807, 2.05) is 0 Å². The molecule has 5 N–H and O–H groups in total. The van der Waals surface area contributed by atoms with Crippen molar-refractivity contribution in [3.63, 3.8) is 0 Å². The summed E-state index contributed by atoms with van der Waals surface area (Å²) in [7, 11) is 0. The van der Waals surface area contributed by atoms with Crippen LogP contribution in [0.5, 0.6) is 0 Å². The highest BCUT2D eigenvalue weighted by Crippen LogP contribution is 2.18. The Morgan fingerprint density at radius 3 is 1.87 bits per heavy atom. The number of amides is 5. The van der Waals surface area contributed by atoms with Gasteiger partial charge in [0.25, 0.3) is 0 Å². The molecule has 0 unspecified atom stereocenters. The fourth-order valence-electron chi connectivity index (χ4n) is 2.17. The second kappa shape index (κ2) is 10.8. The van der Waals surface area contributed by atoms with E-state index in [1.165, 1.54) is 0 Å². The first-order chi connectivity index (χ1) is 14.9. The van der Waals surface area contributed by atoms with E-state index in [1.54, 1.807) is 48.5 Å². The maximum atomic E-state index is 12.0. The molecule has 160 valence electrons. The standard InChI is InChI=1S/C18H15Br2N7O3S/c19-10-1-5-12(6-2-10)21-16(29)23-18-27-25-15(31-18)9-14(28)24-26-17(30)22-13-7-3-11(20)4-8-13/h1-8H,9H2,(H,24,28)(H2,22,26,30)(H2,21,23,27,29). The van der Waals surface area contributed by atoms with Gasteiger partial charge >= 0.3 is 12.1 Å². The Bertz CT molecular complexity index is 1070. The van der Waals surface area contributed by atoms with E-state index < -0.39 is 18.0 Å². The van der Waals surface area contributed by atoms with E-state index in [0.29, 0.717) is 16.4 Å². The van der Waals surface area contributed by atoms with Gasteiger partial charge in [0.2, 0.25) is 11.0 Å². The maximum Gasteiger partial charge on any atom is 0.337 e. The summed E-state index contributed by atoms with van der Waals surface area (Å²) in [5, 5.41) is 16.1. The Hall–Kier alpha value is -3.03. The van der Waals surface area contributed by atoms with E-state index in [0.717, 1.165) is 20.3 Å². The number of hydrazine groups is 1. The van der Waals surface area contributed by atoms with E-state index >= 15 is 0 Å². The summed E-state index contributed by atoms with van der Waals surface area (Å²) >= 11 is 7.66. The van der Waals surface area contributed by atoms with Gasteiger partial charge in [-0.2, -0.15) is 0 Å². The number of anilines is 3. The average Bonchev–Trinajstić information content (AvgIpc) is 3.16. The molecule has 31 heavy (non-hydrogen) atoms. The van der Waals surface area contributed by atoms with Crippen LogP contribution in [0.4, 0.5) is 26.1 Å². The van der Waals surface area contributed by atoms with E-state index in [-0.39, 0.29) is 11.6 Å². The summed E-state index contributed by atoms with van der Waals surface area (Å²) < 4.78 is 1.77. The number of aromatic nitrogens is 2. The van der Waals surface area contributed by atoms with Gasteiger partial charge in [0.1, 0.15) is 5.01 Å². The van der Waals surface area contributed by atoms with Crippen LogP contribution < -0.4 is 26.8 Å². The topological polar surface area (TPSA) is 137 Å². The number of urea groups is 2. The molecule has 13 heteroatoms. The quantitative estimate of drug-likeness (QED) is 0.295. The molecule has 0 saturated carbocycles. The molecule has 5 amide bonds. The van der Waals surface area contributed by atoms with Crippen molar-refractivity contribution in [1.82, 2.24) is 21.0 Å². The lowest BCUT2D eigenvalue weighted by Crippen LogP contribution is -2.44. The zero-order valence-corrected chi connectivity index (χ0v) is 19.6. The summed E-state index contributed by atoms with van der Waals surface area (Å²) in [6.45, 7) is 0. The molecule has 3 rings (SSSR count). The van der Waals surface area contributed by atoms with Gasteiger partial charge in [-0.3, -0.25) is 15.5 Å². The van der Waals surface area contributed by atoms with Crippen molar-refractivity contribution in [2.75, 3.05) is 16.0 Å². The monoisotopic (exact) mass is 567 g/mol. The third kappa shape index (κ3) is 7.62. The molecule has 0 spiro atoms. The Morgan fingerprint density at radius 1 is 0.742 bits per heavy atom. The Kier molecular flexibility index (Phi) is 7.92. The van der Waals surface area contributed by atoms with E-state index in [2.05, 4.69) is 68.9 Å². The van der Waals surface area contributed by atoms with Crippen molar-refractivity contribution in [1.29, 1.82) is 0 Å². The van der Waals surface area contributed by atoms with Gasteiger partial charge in [0.05, 0.1) is 6.42 Å². The number of hydrogen-bond acceptors (Lipinski definition) is 6. The molecule has 2 aromatic carbocycles. The molecule has 0 bridgehead atoms. The normalized spacial score (nSPS) is 10.1. The van der Waals surface area contributed by atoms with Gasteiger partial charge in [-0.15, -0.1) is 10.2 Å². The first kappa shape index (κ1) is 22.7. The van der Waals surface area contributed by atoms with Crippen molar-refractivity contribution in [2.24, 2.45) is 0 Å². The van der Waals surface area contributed by atoms with Crippen LogP contribution in [0.15, 0.2) is 57.5 Å². The molecule has 1 aromatic heterocycles. The third-order valence-electron chi connectivity index (χ3n) is 3.52. The highest BCUT2D eigenvalue weighted by molar-refractivity contribution is 9.10. The van der Waals surface area contributed by atoms with Gasteiger partial charge in [0, 0.05) is 20.3 Å². The van der Waals surface area contributed by atoms with Crippen LogP contribution in [0, 0.1) is 0 Å². The lowest BCUT2D eigenvalue weighted by atomic mass is 10.3. The molecule has 3 aromatic rings. The maximum absolute atomic E-state index is 12.0. The number of nitrogens with zero attached hydrogens (tertiary/aromatic N) is 2. The second-order valence-electron chi connectivity index (χ2n) is 5.90. The number of nitrogens with one attached hydrogen (secondary N) is 5. The average molecular weight is 569 g/mol. The fraction of sp³-hybridized carbons (Fsp3) is 0.0556. The van der Waals surface area contributed by atoms with Crippen LogP contribution in [-0.4, -0.2) is 28.2 Å². The van der Waals surface area contributed by atoms with Crippen molar-refractivity contribution in [2.45, 2.75) is 6.42 Å². The Balaban J connectivity index is 1.41. The molecule has 0 radical (unpaired) electrons. The minimum atomic E-state index is -0.597. The summed E-state index contributed by atoms with van der Waals surface area (Å²) in [4.78, 5) is 35.8. The highest BCUT2D eigenvalue weighted by Gasteiger charge is 2.12. The predicted molar refractivity (Wildman–Crippen MR) is 125 cm³/mol. The lowest BCUT2D eigenvalue weighted by Gasteiger charge is -2.08. The summed E-state index contributed by atoms with van der Waals surface area (Å²) in [6.07, 6.45) is -0.119. The minimum absolute atomic E-state index is 0.119. The molecule has 10 nitrogen and oxygen atoms in total. The van der Waals surface area contributed by atoms with Crippen LogP contribution in [0.25, 0.3) is 0 Å². The second-order valence-corrected chi connectivity index (χ2v) is 8.79. The van der Waals surface area contributed by atoms with Gasteiger partial charge in [-0.1, -0.05) is 43.2 Å². The zero-order chi connectivity index (χ0) is 22.2. The van der Waals surface area contributed by atoms with Crippen LogP contribution in [0.2, 0.25) is 0 Å². The molecular formula is C18H15Br2N7O3S. The molecular weight excluding hydrogens is 554 g/mol. The van der Waals surface area contributed by atoms with Crippen molar-refractivity contribution in [3.8, 4) is 0 Å². The van der Waals surface area contributed by atoms with Gasteiger partial charge < -0.3 is 10.6 Å². The lowest BCUT2D eigenvalue weighted by molar-refractivity contribution is -0.121. The van der Waals surface area contributed by atoms with Crippen LogP contribution in [-0.2, 0) is 11.2 Å². The first-order valence-electron chi connectivity index (χ1n) is 8.65. The molecule has 0 fully saturated rings. The summed E-state index contributed by atoms with van der Waals surface area (Å²) in [6, 6.07) is 12.9. The predicted octanol–water partition coefficient (Wildman–Crippen LogP) is 4.10. The van der Waals surface area contributed by atoms with Crippen molar-refractivity contribution >= 4 is 77.7 Å². The zero-order valence-electron chi connectivity index (χ0n) is 15.6. The molecule has 0 aliphatic rings. The highest BCUT2D eigenvalue weighted by atomic mass is 79.9. The number of hydrogen-bond donors (Lipinski definition) is 5. The molecule has 0 saturated heterocycles. The smallest absolute Gasteiger partial charge is 0.308 e. The van der Waals surface area contributed by atoms with Crippen LogP contribution in [0.1, 0.15) is 5.01 Å². The van der Waals surface area contributed by atoms with Crippen molar-refractivity contribution in [3.05, 3.63) is 62.5 Å². The van der Waals surface area contributed by atoms with Gasteiger partial charge in [0.15, 0.2) is 0 Å². The number of benzene rings is 2. The molecule has 1 heterocycles. The number of carbonyl (C=O) groups is 3. The Labute approximate surface area is 197 Å². The van der Waals surface area contributed by atoms with Gasteiger partial charge in [-0.25, -0.2) is 15.0 Å². The first-order valence-corrected chi connectivity index (χ1v) is 11.0. The SMILES string of the molecule is O=C(Cc1nnc(NC(=O)Nc2ccc(Br)cc2)s1)NNC(=O)Nc1ccc(Br)cc1. The van der Waals surface area contributed by atoms with Crippen LogP contribution in [0.3, 0.4) is 0 Å². The summed E-state index contributed by atoms with van der Waals surface area (Å²) in [5.74, 6) is -0.493. The number of carbonyl (C=O) groups excluding carboxylic acids is 3. The molecule has 0 atom stereocenters. The van der Waals surface area contributed by atoms with Gasteiger partial charge in [-0.05, 0) is 48.5 Å². The fourth-order valence-corrected chi connectivity index (χ4v) is 3.43. The minimum Gasteiger partial charge on any atom is -0.308 e. The van der Waals surface area contributed by atoms with E-state index in [9.17, 15) is 14.4 Å².